The van der Waals surface area contributed by atoms with Gasteiger partial charge in [-0.25, -0.2) is 12.8 Å². The summed E-state index contributed by atoms with van der Waals surface area (Å²) < 4.78 is 45.2. The summed E-state index contributed by atoms with van der Waals surface area (Å²) in [6, 6.07) is 4.78. The molecule has 2 aromatic rings. The molecule has 118 valence electrons. The number of sulfonamides is 1. The van der Waals surface area contributed by atoms with Gasteiger partial charge in [0.25, 0.3) is 0 Å². The third kappa shape index (κ3) is 2.64. The van der Waals surface area contributed by atoms with Gasteiger partial charge in [0.2, 0.25) is 10.0 Å². The van der Waals surface area contributed by atoms with E-state index in [0.717, 1.165) is 18.6 Å². The molecule has 0 spiro atoms. The van der Waals surface area contributed by atoms with Crippen LogP contribution in [0.15, 0.2) is 33.7 Å². The lowest BCUT2D eigenvalue weighted by atomic mass is 10.1. The Morgan fingerprint density at radius 1 is 1.41 bits per heavy atom. The van der Waals surface area contributed by atoms with Gasteiger partial charge in [-0.05, 0) is 38.0 Å². The van der Waals surface area contributed by atoms with Crippen LogP contribution < -0.4 is 0 Å². The van der Waals surface area contributed by atoms with Gasteiger partial charge in [-0.3, -0.25) is 0 Å². The van der Waals surface area contributed by atoms with E-state index in [1.807, 2.05) is 0 Å². The highest BCUT2D eigenvalue weighted by molar-refractivity contribution is 7.89. The van der Waals surface area contributed by atoms with Crippen LogP contribution in [0.3, 0.4) is 0 Å². The molecule has 0 aliphatic carbocycles. The molecule has 1 aliphatic rings. The van der Waals surface area contributed by atoms with E-state index in [0.29, 0.717) is 24.4 Å². The summed E-state index contributed by atoms with van der Waals surface area (Å²) in [6.45, 7) is 2.14. The Kier molecular flexibility index (Phi) is 3.96. The highest BCUT2D eigenvalue weighted by Gasteiger charge is 2.37. The molecule has 2 heterocycles. The minimum Gasteiger partial charge on any atom is -0.361 e. The average molecular weight is 345 g/mol. The maximum Gasteiger partial charge on any atom is 0.243 e. The number of benzene rings is 1. The quantitative estimate of drug-likeness (QED) is 0.857. The monoisotopic (exact) mass is 344 g/mol. The number of rotatable bonds is 3. The first-order valence-electron chi connectivity index (χ1n) is 6.80. The lowest BCUT2D eigenvalue weighted by Gasteiger charge is -2.22. The number of aromatic nitrogens is 1. The van der Waals surface area contributed by atoms with Crippen molar-refractivity contribution in [1.29, 1.82) is 0 Å². The first kappa shape index (κ1) is 15.5. The standard InChI is InChI=1S/C14H14ClFN2O3S/c1-9-7-13(17-21-9)14-3-2-6-18(14)22(19,20)10-4-5-12(16)11(15)8-10/h4-5,7-8,14H,2-3,6H2,1H3/t14-/m1/s1. The Morgan fingerprint density at radius 2 is 2.18 bits per heavy atom. The zero-order valence-corrected chi connectivity index (χ0v) is 13.4. The summed E-state index contributed by atoms with van der Waals surface area (Å²) in [5.74, 6) is -0.0187. The van der Waals surface area contributed by atoms with Crippen molar-refractivity contribution in [2.45, 2.75) is 30.7 Å². The summed E-state index contributed by atoms with van der Waals surface area (Å²) in [5, 5.41) is 3.71. The molecular weight excluding hydrogens is 331 g/mol. The third-order valence-electron chi connectivity index (χ3n) is 3.69. The molecule has 0 unspecified atom stereocenters. The van der Waals surface area contributed by atoms with E-state index in [9.17, 15) is 12.8 Å². The van der Waals surface area contributed by atoms with Crippen molar-refractivity contribution < 1.29 is 17.3 Å². The topological polar surface area (TPSA) is 63.4 Å². The zero-order valence-electron chi connectivity index (χ0n) is 11.8. The molecule has 22 heavy (non-hydrogen) atoms. The van der Waals surface area contributed by atoms with Crippen molar-refractivity contribution in [2.24, 2.45) is 0 Å². The van der Waals surface area contributed by atoms with Crippen LogP contribution in [0, 0.1) is 12.7 Å². The van der Waals surface area contributed by atoms with Gasteiger partial charge in [-0.1, -0.05) is 16.8 Å². The summed E-state index contributed by atoms with van der Waals surface area (Å²) in [4.78, 5) is -0.0222. The fourth-order valence-corrected chi connectivity index (χ4v) is 4.58. The van der Waals surface area contributed by atoms with Crippen molar-refractivity contribution in [3.05, 3.63) is 46.6 Å². The normalized spacial score (nSPS) is 19.7. The van der Waals surface area contributed by atoms with Crippen LogP contribution in [0.1, 0.15) is 30.3 Å². The molecule has 0 radical (unpaired) electrons. The minimum absolute atomic E-state index is 0.0222. The smallest absolute Gasteiger partial charge is 0.243 e. The number of hydrogen-bond acceptors (Lipinski definition) is 4. The molecule has 1 aromatic heterocycles. The van der Waals surface area contributed by atoms with Crippen LogP contribution >= 0.6 is 11.6 Å². The second-order valence-electron chi connectivity index (χ2n) is 5.21. The first-order valence-corrected chi connectivity index (χ1v) is 8.61. The second kappa shape index (κ2) is 5.64. The van der Waals surface area contributed by atoms with Crippen molar-refractivity contribution in [3.63, 3.8) is 0 Å². The fourth-order valence-electron chi connectivity index (χ4n) is 2.64. The number of hydrogen-bond donors (Lipinski definition) is 0. The van der Waals surface area contributed by atoms with Crippen LogP contribution in [0.25, 0.3) is 0 Å². The first-order chi connectivity index (χ1) is 10.4. The van der Waals surface area contributed by atoms with Crippen LogP contribution in [-0.2, 0) is 10.0 Å². The molecule has 0 amide bonds. The third-order valence-corrected chi connectivity index (χ3v) is 5.88. The van der Waals surface area contributed by atoms with Crippen LogP contribution in [0.4, 0.5) is 4.39 Å². The molecule has 1 aromatic carbocycles. The highest BCUT2D eigenvalue weighted by atomic mass is 35.5. The van der Waals surface area contributed by atoms with E-state index in [-0.39, 0.29) is 16.0 Å². The SMILES string of the molecule is Cc1cc([C@H]2CCCN2S(=O)(=O)c2ccc(F)c(Cl)c2)no1. The van der Waals surface area contributed by atoms with Crippen LogP contribution in [0.2, 0.25) is 5.02 Å². The Balaban J connectivity index is 1.98. The Hall–Kier alpha value is -1.44. The largest absolute Gasteiger partial charge is 0.361 e. The Labute approximate surface area is 132 Å². The molecule has 8 heteroatoms. The average Bonchev–Trinajstić information content (AvgIpc) is 3.10. The summed E-state index contributed by atoms with van der Waals surface area (Å²) >= 11 is 5.70. The van der Waals surface area contributed by atoms with Gasteiger partial charge in [-0.2, -0.15) is 4.31 Å². The van der Waals surface area contributed by atoms with Crippen molar-refractivity contribution in [2.75, 3.05) is 6.54 Å². The van der Waals surface area contributed by atoms with Crippen molar-refractivity contribution in [1.82, 2.24) is 9.46 Å². The lowest BCUT2D eigenvalue weighted by Crippen LogP contribution is -2.30. The summed E-state index contributed by atoms with van der Waals surface area (Å²) in [7, 11) is -3.77. The molecule has 1 saturated heterocycles. The molecular formula is C14H14ClFN2O3S. The zero-order chi connectivity index (χ0) is 15.9. The van der Waals surface area contributed by atoms with Gasteiger partial charge < -0.3 is 4.52 Å². The molecule has 0 saturated carbocycles. The predicted molar refractivity (Wildman–Crippen MR) is 78.5 cm³/mol. The van der Waals surface area contributed by atoms with E-state index in [1.54, 1.807) is 13.0 Å². The molecule has 0 bridgehead atoms. The second-order valence-corrected chi connectivity index (χ2v) is 7.51. The molecule has 0 N–H and O–H groups in total. The molecule has 1 fully saturated rings. The molecule has 1 aliphatic heterocycles. The van der Waals surface area contributed by atoms with Gasteiger partial charge >= 0.3 is 0 Å². The summed E-state index contributed by atoms with van der Waals surface area (Å²) in [5.41, 5.74) is 0.590. The Morgan fingerprint density at radius 3 is 2.82 bits per heavy atom. The molecule has 5 nitrogen and oxygen atoms in total. The van der Waals surface area contributed by atoms with E-state index in [4.69, 9.17) is 16.1 Å². The van der Waals surface area contributed by atoms with Gasteiger partial charge in [0.15, 0.2) is 0 Å². The van der Waals surface area contributed by atoms with Gasteiger partial charge in [0.05, 0.1) is 16.0 Å². The highest BCUT2D eigenvalue weighted by Crippen LogP contribution is 2.36. The van der Waals surface area contributed by atoms with Crippen LogP contribution in [0.5, 0.6) is 0 Å². The maximum absolute atomic E-state index is 13.2. The van der Waals surface area contributed by atoms with E-state index in [2.05, 4.69) is 5.16 Å². The molecule has 1 atom stereocenters. The maximum atomic E-state index is 13.2. The lowest BCUT2D eigenvalue weighted by molar-refractivity contribution is 0.349. The van der Waals surface area contributed by atoms with E-state index in [1.165, 1.54) is 10.4 Å². The van der Waals surface area contributed by atoms with E-state index < -0.39 is 15.8 Å². The predicted octanol–water partition coefficient (Wildman–Crippen LogP) is 3.30. The van der Waals surface area contributed by atoms with Gasteiger partial charge in [0, 0.05) is 12.6 Å². The minimum atomic E-state index is -3.77. The van der Waals surface area contributed by atoms with Crippen molar-refractivity contribution >= 4 is 21.6 Å². The van der Waals surface area contributed by atoms with Gasteiger partial charge in [0.1, 0.15) is 17.3 Å². The van der Waals surface area contributed by atoms with Crippen molar-refractivity contribution in [3.8, 4) is 0 Å². The van der Waals surface area contributed by atoms with E-state index >= 15 is 0 Å². The molecule has 3 rings (SSSR count). The Bertz CT molecular complexity index is 806. The summed E-state index contributed by atoms with van der Waals surface area (Å²) in [6.07, 6.45) is 1.39. The number of nitrogens with zero attached hydrogens (tertiary/aromatic N) is 2. The van der Waals surface area contributed by atoms with Gasteiger partial charge in [-0.15, -0.1) is 0 Å². The number of halogens is 2. The number of aryl methyl sites for hydroxylation is 1. The fraction of sp³-hybridized carbons (Fsp3) is 0.357. The van der Waals surface area contributed by atoms with Crippen LogP contribution in [-0.4, -0.2) is 24.4 Å².